The van der Waals surface area contributed by atoms with Gasteiger partial charge in [-0.15, -0.1) is 6.58 Å². The van der Waals surface area contributed by atoms with E-state index in [1.807, 2.05) is 6.07 Å². The van der Waals surface area contributed by atoms with E-state index in [1.54, 1.807) is 18.2 Å². The summed E-state index contributed by atoms with van der Waals surface area (Å²) >= 11 is 0. The quantitative estimate of drug-likeness (QED) is 0.551. The molecule has 1 amide bonds. The summed E-state index contributed by atoms with van der Waals surface area (Å²) in [6, 6.07) is 8.42. The zero-order chi connectivity index (χ0) is 20.0. The third kappa shape index (κ3) is 5.55. The molecule has 0 atom stereocenters. The molecule has 0 aliphatic heterocycles. The molecule has 2 rings (SSSR count). The third-order valence-electron chi connectivity index (χ3n) is 3.61. The van der Waals surface area contributed by atoms with Gasteiger partial charge in [-0.05, 0) is 42.3 Å². The van der Waals surface area contributed by atoms with Gasteiger partial charge in [0.05, 0.1) is 17.7 Å². The Bertz CT molecular complexity index is 957. The fourth-order valence-electron chi connectivity index (χ4n) is 2.29. The van der Waals surface area contributed by atoms with Crippen LogP contribution in [0.25, 0.3) is 0 Å². The molecule has 27 heavy (non-hydrogen) atoms. The number of benzene rings is 2. The summed E-state index contributed by atoms with van der Waals surface area (Å²) in [5.41, 5.74) is 0.734. The number of methoxy groups -OCH3 is 1. The van der Waals surface area contributed by atoms with Gasteiger partial charge in [0, 0.05) is 6.26 Å². The smallest absolute Gasteiger partial charge is 0.262 e. The molecular formula is C19H20FNO5S. The number of sulfone groups is 1. The largest absolute Gasteiger partial charge is 0.493 e. The maximum Gasteiger partial charge on any atom is 0.262 e. The van der Waals surface area contributed by atoms with Crippen LogP contribution in [0.5, 0.6) is 11.5 Å². The van der Waals surface area contributed by atoms with Crippen molar-refractivity contribution in [2.45, 2.75) is 11.3 Å². The predicted octanol–water partition coefficient (Wildman–Crippen LogP) is 2.98. The molecule has 2 aromatic rings. The summed E-state index contributed by atoms with van der Waals surface area (Å²) in [5.74, 6) is -0.586. The van der Waals surface area contributed by atoms with Gasteiger partial charge in [-0.3, -0.25) is 4.79 Å². The topological polar surface area (TPSA) is 81.7 Å². The van der Waals surface area contributed by atoms with Crippen molar-refractivity contribution in [3.8, 4) is 11.5 Å². The van der Waals surface area contributed by atoms with Gasteiger partial charge >= 0.3 is 0 Å². The Kier molecular flexibility index (Phi) is 6.57. The maximum absolute atomic E-state index is 13.8. The molecule has 0 spiro atoms. The lowest BCUT2D eigenvalue weighted by Crippen LogP contribution is -2.21. The van der Waals surface area contributed by atoms with E-state index in [0.29, 0.717) is 17.9 Å². The highest BCUT2D eigenvalue weighted by Crippen LogP contribution is 2.28. The molecule has 6 nitrogen and oxygen atoms in total. The summed E-state index contributed by atoms with van der Waals surface area (Å²) in [7, 11) is -2.05. The highest BCUT2D eigenvalue weighted by atomic mass is 32.2. The Balaban J connectivity index is 2.08. The second kappa shape index (κ2) is 8.68. The highest BCUT2D eigenvalue weighted by molar-refractivity contribution is 7.90. The average Bonchev–Trinajstić information content (AvgIpc) is 2.61. The second-order valence-corrected chi connectivity index (χ2v) is 7.74. The van der Waals surface area contributed by atoms with Crippen LogP contribution in [0.15, 0.2) is 53.9 Å². The predicted molar refractivity (Wildman–Crippen MR) is 101 cm³/mol. The molecule has 8 heteroatoms. The summed E-state index contributed by atoms with van der Waals surface area (Å²) in [4.78, 5) is 12.0. The fraction of sp³-hybridized carbons (Fsp3) is 0.211. The van der Waals surface area contributed by atoms with Gasteiger partial charge in [0.2, 0.25) is 0 Å². The number of amides is 1. The Morgan fingerprint density at radius 3 is 2.59 bits per heavy atom. The molecule has 0 saturated heterocycles. The van der Waals surface area contributed by atoms with Crippen molar-refractivity contribution < 1.29 is 27.1 Å². The number of carbonyl (C=O) groups excluding carboxylic acids is 1. The van der Waals surface area contributed by atoms with E-state index in [1.165, 1.54) is 7.11 Å². The van der Waals surface area contributed by atoms with Crippen molar-refractivity contribution in [3.05, 3.63) is 60.4 Å². The van der Waals surface area contributed by atoms with E-state index >= 15 is 0 Å². The molecule has 0 radical (unpaired) electrons. The van der Waals surface area contributed by atoms with Crippen LogP contribution in [0.1, 0.15) is 5.56 Å². The lowest BCUT2D eigenvalue weighted by Gasteiger charge is -2.12. The zero-order valence-corrected chi connectivity index (χ0v) is 15.8. The summed E-state index contributed by atoms with van der Waals surface area (Å²) in [6.45, 7) is 3.27. The SMILES string of the molecule is C=CCc1ccc(OCC(=O)Nc2cc(S(C)(=O)=O)ccc2F)c(OC)c1. The zero-order valence-electron chi connectivity index (χ0n) is 15.0. The standard InChI is InChI=1S/C19H20FNO5S/c1-4-5-13-6-9-17(18(10-13)25-2)26-12-19(22)21-16-11-14(27(3,23)24)7-8-15(16)20/h4,6-11H,1,5,12H2,2-3H3,(H,21,22). The third-order valence-corrected chi connectivity index (χ3v) is 4.72. The van der Waals surface area contributed by atoms with E-state index < -0.39 is 28.2 Å². The summed E-state index contributed by atoms with van der Waals surface area (Å²) in [6.07, 6.45) is 3.41. The number of rotatable bonds is 8. The molecule has 0 aliphatic carbocycles. The first kappa shape index (κ1) is 20.4. The van der Waals surface area contributed by atoms with Gasteiger partial charge in [-0.2, -0.15) is 0 Å². The van der Waals surface area contributed by atoms with Crippen LogP contribution in [0.3, 0.4) is 0 Å². The van der Waals surface area contributed by atoms with Gasteiger partial charge in [0.1, 0.15) is 5.82 Å². The number of nitrogens with one attached hydrogen (secondary N) is 1. The Labute approximate surface area is 157 Å². The first-order valence-corrected chi connectivity index (χ1v) is 9.84. The number of halogens is 1. The Morgan fingerprint density at radius 2 is 1.96 bits per heavy atom. The van der Waals surface area contributed by atoms with Crippen LogP contribution in [0.4, 0.5) is 10.1 Å². The lowest BCUT2D eigenvalue weighted by atomic mass is 10.1. The van der Waals surface area contributed by atoms with Gasteiger partial charge < -0.3 is 14.8 Å². The minimum Gasteiger partial charge on any atom is -0.493 e. The van der Waals surface area contributed by atoms with Crippen molar-refractivity contribution in [2.75, 3.05) is 25.3 Å². The van der Waals surface area contributed by atoms with E-state index in [-0.39, 0.29) is 10.6 Å². The molecular weight excluding hydrogens is 373 g/mol. The summed E-state index contributed by atoms with van der Waals surface area (Å²) < 4.78 is 47.6. The Morgan fingerprint density at radius 1 is 1.22 bits per heavy atom. The van der Waals surface area contributed by atoms with E-state index in [9.17, 15) is 17.6 Å². The van der Waals surface area contributed by atoms with Gasteiger partial charge in [0.25, 0.3) is 5.91 Å². The molecule has 0 aromatic heterocycles. The molecule has 0 aliphatic rings. The number of anilines is 1. The normalized spacial score (nSPS) is 10.9. The van der Waals surface area contributed by atoms with E-state index in [4.69, 9.17) is 9.47 Å². The van der Waals surface area contributed by atoms with E-state index in [2.05, 4.69) is 11.9 Å². The van der Waals surface area contributed by atoms with Crippen LogP contribution in [-0.2, 0) is 21.1 Å². The first-order chi connectivity index (χ1) is 12.7. The van der Waals surface area contributed by atoms with Crippen LogP contribution in [-0.4, -0.2) is 34.3 Å². The lowest BCUT2D eigenvalue weighted by molar-refractivity contribution is -0.118. The molecule has 0 fully saturated rings. The minimum absolute atomic E-state index is 0.0976. The Hall–Kier alpha value is -2.87. The van der Waals surface area contributed by atoms with Crippen molar-refractivity contribution in [1.29, 1.82) is 0 Å². The van der Waals surface area contributed by atoms with Gasteiger partial charge in [-0.25, -0.2) is 12.8 Å². The van der Waals surface area contributed by atoms with Crippen LogP contribution >= 0.6 is 0 Å². The van der Waals surface area contributed by atoms with Crippen LogP contribution < -0.4 is 14.8 Å². The van der Waals surface area contributed by atoms with Gasteiger partial charge in [-0.1, -0.05) is 12.1 Å². The van der Waals surface area contributed by atoms with E-state index in [0.717, 1.165) is 30.0 Å². The fourth-order valence-corrected chi connectivity index (χ4v) is 2.93. The molecule has 0 unspecified atom stereocenters. The second-order valence-electron chi connectivity index (χ2n) is 5.73. The number of ether oxygens (including phenoxy) is 2. The average molecular weight is 393 g/mol. The molecule has 2 aromatic carbocycles. The molecule has 0 saturated carbocycles. The van der Waals surface area contributed by atoms with Gasteiger partial charge in [0.15, 0.2) is 27.9 Å². The molecule has 0 heterocycles. The van der Waals surface area contributed by atoms with Crippen molar-refractivity contribution in [3.63, 3.8) is 0 Å². The molecule has 1 N–H and O–H groups in total. The molecule has 144 valence electrons. The molecule has 0 bridgehead atoms. The van der Waals surface area contributed by atoms with Crippen molar-refractivity contribution >= 4 is 21.4 Å². The summed E-state index contributed by atoms with van der Waals surface area (Å²) in [5, 5.41) is 2.30. The maximum atomic E-state index is 13.8. The van der Waals surface area contributed by atoms with Crippen molar-refractivity contribution in [2.24, 2.45) is 0 Å². The van der Waals surface area contributed by atoms with Crippen LogP contribution in [0.2, 0.25) is 0 Å². The number of allylic oxidation sites excluding steroid dienone is 1. The number of hydrogen-bond acceptors (Lipinski definition) is 5. The van der Waals surface area contributed by atoms with Crippen molar-refractivity contribution in [1.82, 2.24) is 0 Å². The van der Waals surface area contributed by atoms with Crippen LogP contribution in [0, 0.1) is 5.82 Å². The number of hydrogen-bond donors (Lipinski definition) is 1. The first-order valence-electron chi connectivity index (χ1n) is 7.94. The monoisotopic (exact) mass is 393 g/mol. The number of carbonyl (C=O) groups is 1. The highest BCUT2D eigenvalue weighted by Gasteiger charge is 2.14. The minimum atomic E-state index is -3.52.